The Morgan fingerprint density at radius 3 is 3.13 bits per heavy atom. The Morgan fingerprint density at radius 1 is 1.60 bits per heavy atom. The molecule has 5 nitrogen and oxygen atoms in total. The van der Waals surface area contributed by atoms with Gasteiger partial charge < -0.3 is 11.1 Å². The number of aromatic nitrogens is 2. The molecule has 1 aromatic heterocycles. The van der Waals surface area contributed by atoms with Crippen molar-refractivity contribution < 1.29 is 4.79 Å². The van der Waals surface area contributed by atoms with Gasteiger partial charge in [0, 0.05) is 18.7 Å². The maximum atomic E-state index is 11.3. The van der Waals surface area contributed by atoms with Crippen molar-refractivity contribution in [1.82, 2.24) is 15.3 Å². The second-order valence-corrected chi connectivity index (χ2v) is 3.78. The Labute approximate surface area is 88.1 Å². The van der Waals surface area contributed by atoms with E-state index >= 15 is 0 Å². The SMILES string of the molecule is Cc1nccc(C2NC(=O)CCC2N)n1. The van der Waals surface area contributed by atoms with E-state index in [0.29, 0.717) is 18.7 Å². The fourth-order valence-electron chi connectivity index (χ4n) is 1.76. The first-order valence-corrected chi connectivity index (χ1v) is 5.01. The number of nitrogens with zero attached hydrogens (tertiary/aromatic N) is 2. The van der Waals surface area contributed by atoms with Crippen LogP contribution in [-0.4, -0.2) is 21.9 Å². The number of rotatable bonds is 1. The zero-order valence-corrected chi connectivity index (χ0v) is 8.60. The topological polar surface area (TPSA) is 80.9 Å². The maximum Gasteiger partial charge on any atom is 0.220 e. The molecule has 2 unspecified atom stereocenters. The molecule has 2 atom stereocenters. The third-order valence-corrected chi connectivity index (χ3v) is 2.57. The van der Waals surface area contributed by atoms with Crippen molar-refractivity contribution >= 4 is 5.91 Å². The van der Waals surface area contributed by atoms with Crippen LogP contribution in [0.15, 0.2) is 12.3 Å². The van der Waals surface area contributed by atoms with Crippen LogP contribution in [0.5, 0.6) is 0 Å². The molecule has 1 fully saturated rings. The molecule has 1 saturated heterocycles. The van der Waals surface area contributed by atoms with Crippen LogP contribution < -0.4 is 11.1 Å². The van der Waals surface area contributed by atoms with Crippen molar-refractivity contribution in [2.45, 2.75) is 31.8 Å². The van der Waals surface area contributed by atoms with Gasteiger partial charge in [-0.15, -0.1) is 0 Å². The van der Waals surface area contributed by atoms with E-state index in [1.807, 2.05) is 6.92 Å². The number of carbonyl (C=O) groups is 1. The van der Waals surface area contributed by atoms with Gasteiger partial charge in [-0.1, -0.05) is 0 Å². The molecule has 2 rings (SSSR count). The average Bonchev–Trinajstić information content (AvgIpc) is 2.22. The van der Waals surface area contributed by atoms with Crippen molar-refractivity contribution in [3.05, 3.63) is 23.8 Å². The lowest BCUT2D eigenvalue weighted by Crippen LogP contribution is -2.46. The highest BCUT2D eigenvalue weighted by Crippen LogP contribution is 2.20. The lowest BCUT2D eigenvalue weighted by atomic mass is 9.96. The van der Waals surface area contributed by atoms with E-state index in [4.69, 9.17) is 5.73 Å². The summed E-state index contributed by atoms with van der Waals surface area (Å²) < 4.78 is 0. The Kier molecular flexibility index (Phi) is 2.64. The smallest absolute Gasteiger partial charge is 0.220 e. The summed E-state index contributed by atoms with van der Waals surface area (Å²) in [6.45, 7) is 1.82. The second-order valence-electron chi connectivity index (χ2n) is 3.78. The van der Waals surface area contributed by atoms with Gasteiger partial charge in [0.25, 0.3) is 0 Å². The van der Waals surface area contributed by atoms with Gasteiger partial charge in [-0.05, 0) is 19.4 Å². The highest BCUT2D eigenvalue weighted by Gasteiger charge is 2.27. The van der Waals surface area contributed by atoms with Crippen molar-refractivity contribution in [3.63, 3.8) is 0 Å². The Hall–Kier alpha value is -1.49. The lowest BCUT2D eigenvalue weighted by molar-refractivity contribution is -0.123. The van der Waals surface area contributed by atoms with Gasteiger partial charge in [0.05, 0.1) is 11.7 Å². The largest absolute Gasteiger partial charge is 0.346 e. The monoisotopic (exact) mass is 206 g/mol. The molecule has 80 valence electrons. The second kappa shape index (κ2) is 3.94. The van der Waals surface area contributed by atoms with Crippen molar-refractivity contribution in [2.75, 3.05) is 0 Å². The summed E-state index contributed by atoms with van der Waals surface area (Å²) >= 11 is 0. The Balaban J connectivity index is 2.24. The van der Waals surface area contributed by atoms with Crippen LogP contribution >= 0.6 is 0 Å². The first kappa shape index (κ1) is 10.0. The minimum atomic E-state index is -0.173. The molecule has 1 amide bonds. The molecule has 1 aliphatic rings. The summed E-state index contributed by atoms with van der Waals surface area (Å²) in [6, 6.07) is 1.56. The van der Waals surface area contributed by atoms with Crippen LogP contribution in [0.3, 0.4) is 0 Å². The minimum Gasteiger partial charge on any atom is -0.346 e. The molecule has 1 aliphatic heterocycles. The number of hydrogen-bond acceptors (Lipinski definition) is 4. The summed E-state index contributed by atoms with van der Waals surface area (Å²) in [5, 5.41) is 2.86. The molecule has 5 heteroatoms. The molecule has 0 radical (unpaired) electrons. The zero-order valence-electron chi connectivity index (χ0n) is 8.60. The maximum absolute atomic E-state index is 11.3. The number of nitrogens with one attached hydrogen (secondary N) is 1. The predicted octanol–water partition coefficient (Wildman–Crippen LogP) is 0.0634. The van der Waals surface area contributed by atoms with E-state index in [2.05, 4.69) is 15.3 Å². The van der Waals surface area contributed by atoms with Crippen LogP contribution in [-0.2, 0) is 4.79 Å². The van der Waals surface area contributed by atoms with Gasteiger partial charge in [-0.2, -0.15) is 0 Å². The zero-order chi connectivity index (χ0) is 10.8. The number of nitrogens with two attached hydrogens (primary N) is 1. The number of hydrogen-bond donors (Lipinski definition) is 2. The van der Waals surface area contributed by atoms with E-state index in [-0.39, 0.29) is 18.0 Å². The van der Waals surface area contributed by atoms with Gasteiger partial charge >= 0.3 is 0 Å². The predicted molar refractivity (Wildman–Crippen MR) is 54.9 cm³/mol. The molecular weight excluding hydrogens is 192 g/mol. The normalized spacial score (nSPS) is 26.1. The molecular formula is C10H14N4O. The van der Waals surface area contributed by atoms with Crippen molar-refractivity contribution in [3.8, 4) is 0 Å². The molecule has 15 heavy (non-hydrogen) atoms. The third kappa shape index (κ3) is 2.12. The highest BCUT2D eigenvalue weighted by molar-refractivity contribution is 5.77. The van der Waals surface area contributed by atoms with Crippen molar-refractivity contribution in [2.24, 2.45) is 5.73 Å². The Morgan fingerprint density at radius 2 is 2.40 bits per heavy atom. The molecule has 0 aliphatic carbocycles. The summed E-state index contributed by atoms with van der Waals surface area (Å²) in [4.78, 5) is 19.6. The summed E-state index contributed by atoms with van der Waals surface area (Å²) in [5.74, 6) is 0.734. The fourth-order valence-corrected chi connectivity index (χ4v) is 1.76. The van der Waals surface area contributed by atoms with Crippen LogP contribution in [0, 0.1) is 6.92 Å². The molecule has 0 spiro atoms. The number of piperidine rings is 1. The van der Waals surface area contributed by atoms with Gasteiger partial charge in [-0.3, -0.25) is 4.79 Å². The summed E-state index contributed by atoms with van der Waals surface area (Å²) in [7, 11) is 0. The summed E-state index contributed by atoms with van der Waals surface area (Å²) in [5.41, 5.74) is 6.74. The van der Waals surface area contributed by atoms with E-state index < -0.39 is 0 Å². The van der Waals surface area contributed by atoms with Gasteiger partial charge in [0.1, 0.15) is 5.82 Å². The van der Waals surface area contributed by atoms with E-state index in [1.54, 1.807) is 12.3 Å². The van der Waals surface area contributed by atoms with Gasteiger partial charge in [0.15, 0.2) is 0 Å². The number of carbonyl (C=O) groups excluding carboxylic acids is 1. The molecule has 0 aromatic carbocycles. The molecule has 1 aromatic rings. The van der Waals surface area contributed by atoms with Crippen LogP contribution in [0.1, 0.15) is 30.4 Å². The van der Waals surface area contributed by atoms with E-state index in [0.717, 1.165) is 5.69 Å². The molecule has 0 saturated carbocycles. The summed E-state index contributed by atoms with van der Waals surface area (Å²) in [6.07, 6.45) is 2.90. The number of amides is 1. The van der Waals surface area contributed by atoms with Crippen molar-refractivity contribution in [1.29, 1.82) is 0 Å². The van der Waals surface area contributed by atoms with Crippen LogP contribution in [0.2, 0.25) is 0 Å². The molecule has 3 N–H and O–H groups in total. The number of aryl methyl sites for hydroxylation is 1. The molecule has 2 heterocycles. The first-order chi connectivity index (χ1) is 7.16. The van der Waals surface area contributed by atoms with Crippen LogP contribution in [0.25, 0.3) is 0 Å². The molecule has 0 bridgehead atoms. The van der Waals surface area contributed by atoms with Gasteiger partial charge in [-0.25, -0.2) is 9.97 Å². The highest BCUT2D eigenvalue weighted by atomic mass is 16.1. The average molecular weight is 206 g/mol. The van der Waals surface area contributed by atoms with Gasteiger partial charge in [0.2, 0.25) is 5.91 Å². The fraction of sp³-hybridized carbons (Fsp3) is 0.500. The lowest BCUT2D eigenvalue weighted by Gasteiger charge is -2.28. The third-order valence-electron chi connectivity index (χ3n) is 2.57. The Bertz CT molecular complexity index is 379. The first-order valence-electron chi connectivity index (χ1n) is 5.01. The standard InChI is InChI=1S/C10H14N4O/c1-6-12-5-4-8(13-6)10-7(11)2-3-9(15)14-10/h4-5,7,10H,2-3,11H2,1H3,(H,14,15). The quantitative estimate of drug-likeness (QED) is 0.681. The minimum absolute atomic E-state index is 0.0398. The van der Waals surface area contributed by atoms with E-state index in [9.17, 15) is 4.79 Å². The van der Waals surface area contributed by atoms with E-state index in [1.165, 1.54) is 0 Å². The van der Waals surface area contributed by atoms with Crippen LogP contribution in [0.4, 0.5) is 0 Å².